The van der Waals surface area contributed by atoms with E-state index in [2.05, 4.69) is 36.5 Å². The number of hydrogen-bond donors (Lipinski definition) is 2. The highest BCUT2D eigenvalue weighted by Gasteiger charge is 2.07. The molecule has 6 nitrogen and oxygen atoms in total. The summed E-state index contributed by atoms with van der Waals surface area (Å²) in [6, 6.07) is 3.77. The number of hydrazine groups is 1. The van der Waals surface area contributed by atoms with Gasteiger partial charge in [0.15, 0.2) is 0 Å². The van der Waals surface area contributed by atoms with Gasteiger partial charge in [-0.25, -0.2) is 5.84 Å². The van der Waals surface area contributed by atoms with Crippen LogP contribution >= 0.6 is 15.9 Å². The average molecular weight is 256 g/mol. The van der Waals surface area contributed by atoms with E-state index < -0.39 is 0 Å². The Hall–Kier alpha value is -1.47. The minimum atomic E-state index is 0.157. The van der Waals surface area contributed by atoms with Crippen molar-refractivity contribution < 1.29 is 4.52 Å². The topological polar surface area (TPSA) is 89.9 Å². The van der Waals surface area contributed by atoms with E-state index in [0.29, 0.717) is 11.5 Å². The second kappa shape index (κ2) is 3.72. The second-order valence-corrected chi connectivity index (χ2v) is 3.34. The van der Waals surface area contributed by atoms with Crippen LogP contribution in [0.1, 0.15) is 0 Å². The van der Waals surface area contributed by atoms with Gasteiger partial charge in [-0.1, -0.05) is 5.16 Å². The molecule has 0 fully saturated rings. The number of anilines is 1. The zero-order valence-corrected chi connectivity index (χ0v) is 8.52. The zero-order valence-electron chi connectivity index (χ0n) is 6.94. The molecule has 7 heteroatoms. The Morgan fingerprint density at radius 1 is 1.43 bits per heavy atom. The van der Waals surface area contributed by atoms with E-state index in [-0.39, 0.29) is 6.01 Å². The van der Waals surface area contributed by atoms with Gasteiger partial charge in [-0.3, -0.25) is 10.4 Å². The number of hydrogen-bond acceptors (Lipinski definition) is 6. The molecular formula is C7H6BrN5O. The van der Waals surface area contributed by atoms with Gasteiger partial charge in [0.1, 0.15) is 5.69 Å². The molecule has 0 saturated carbocycles. The third-order valence-electron chi connectivity index (χ3n) is 1.51. The monoisotopic (exact) mass is 255 g/mol. The molecule has 0 aliphatic carbocycles. The molecule has 0 aliphatic heterocycles. The molecule has 0 atom stereocenters. The van der Waals surface area contributed by atoms with Crippen molar-refractivity contribution in [1.82, 2.24) is 15.1 Å². The number of nitrogens with zero attached hydrogens (tertiary/aromatic N) is 3. The van der Waals surface area contributed by atoms with Crippen LogP contribution in [0.4, 0.5) is 6.01 Å². The SMILES string of the molecule is NNc1nc(-c2ccc(Br)cn2)no1. The van der Waals surface area contributed by atoms with Crippen LogP contribution in [-0.4, -0.2) is 15.1 Å². The molecule has 14 heavy (non-hydrogen) atoms. The Morgan fingerprint density at radius 2 is 2.29 bits per heavy atom. The molecule has 2 aromatic heterocycles. The van der Waals surface area contributed by atoms with E-state index >= 15 is 0 Å². The highest BCUT2D eigenvalue weighted by atomic mass is 79.9. The van der Waals surface area contributed by atoms with Crippen molar-refractivity contribution in [1.29, 1.82) is 0 Å². The van der Waals surface area contributed by atoms with Gasteiger partial charge < -0.3 is 4.52 Å². The number of rotatable bonds is 2. The Kier molecular flexibility index (Phi) is 2.42. The Bertz CT molecular complexity index is 426. The molecule has 2 aromatic rings. The van der Waals surface area contributed by atoms with Gasteiger partial charge in [-0.05, 0) is 28.1 Å². The smallest absolute Gasteiger partial charge is 0.314 e. The van der Waals surface area contributed by atoms with Crippen molar-refractivity contribution >= 4 is 21.9 Å². The molecule has 2 heterocycles. The fourth-order valence-electron chi connectivity index (χ4n) is 0.894. The number of nitrogens with two attached hydrogens (primary N) is 1. The number of pyridine rings is 1. The lowest BCUT2D eigenvalue weighted by Gasteiger charge is -1.92. The van der Waals surface area contributed by atoms with Gasteiger partial charge in [0.2, 0.25) is 5.82 Å². The molecule has 72 valence electrons. The summed E-state index contributed by atoms with van der Waals surface area (Å²) in [5.74, 6) is 5.49. The van der Waals surface area contributed by atoms with Gasteiger partial charge in [-0.15, -0.1) is 0 Å². The first-order valence-corrected chi connectivity index (χ1v) is 4.51. The summed E-state index contributed by atoms with van der Waals surface area (Å²) >= 11 is 3.28. The van der Waals surface area contributed by atoms with Gasteiger partial charge in [0, 0.05) is 10.7 Å². The van der Waals surface area contributed by atoms with Crippen molar-refractivity contribution in [3.63, 3.8) is 0 Å². The van der Waals surface area contributed by atoms with Crippen molar-refractivity contribution in [2.24, 2.45) is 5.84 Å². The molecular weight excluding hydrogens is 250 g/mol. The van der Waals surface area contributed by atoms with Crippen LogP contribution in [-0.2, 0) is 0 Å². The summed E-state index contributed by atoms with van der Waals surface area (Å²) in [6.45, 7) is 0. The normalized spacial score (nSPS) is 10.1. The maximum absolute atomic E-state index is 5.09. The number of nitrogens with one attached hydrogen (secondary N) is 1. The highest BCUT2D eigenvalue weighted by molar-refractivity contribution is 9.10. The van der Waals surface area contributed by atoms with E-state index in [1.807, 2.05) is 6.07 Å². The molecule has 3 N–H and O–H groups in total. The molecule has 0 unspecified atom stereocenters. The van der Waals surface area contributed by atoms with Crippen molar-refractivity contribution in [3.05, 3.63) is 22.8 Å². The number of nitrogen functional groups attached to an aromatic ring is 1. The molecule has 0 amide bonds. The first kappa shape index (κ1) is 9.10. The summed E-state index contributed by atoms with van der Waals surface area (Å²) in [7, 11) is 0. The molecule has 2 rings (SSSR count). The standard InChI is InChI=1S/C7H6BrN5O/c8-4-1-2-5(10-3-4)6-11-7(12-9)14-13-6/h1-3H,9H2,(H,11,12,13). The first-order valence-electron chi connectivity index (χ1n) is 3.72. The Labute approximate surface area is 87.6 Å². The minimum absolute atomic E-state index is 0.157. The lowest BCUT2D eigenvalue weighted by Crippen LogP contribution is -2.06. The number of aromatic nitrogens is 3. The predicted octanol–water partition coefficient (Wildman–Crippen LogP) is 1.18. The van der Waals surface area contributed by atoms with E-state index in [9.17, 15) is 0 Å². The van der Waals surface area contributed by atoms with Crippen LogP contribution in [0, 0.1) is 0 Å². The van der Waals surface area contributed by atoms with Crippen molar-refractivity contribution in [3.8, 4) is 11.5 Å². The Balaban J connectivity index is 2.34. The van der Waals surface area contributed by atoms with E-state index in [1.54, 1.807) is 12.3 Å². The first-order chi connectivity index (χ1) is 6.79. The maximum atomic E-state index is 5.09. The predicted molar refractivity (Wildman–Crippen MR) is 53.0 cm³/mol. The van der Waals surface area contributed by atoms with Crippen LogP contribution in [0.25, 0.3) is 11.5 Å². The molecule has 0 bridgehead atoms. The highest BCUT2D eigenvalue weighted by Crippen LogP contribution is 2.16. The van der Waals surface area contributed by atoms with Crippen molar-refractivity contribution in [2.75, 3.05) is 5.43 Å². The summed E-state index contributed by atoms with van der Waals surface area (Å²) in [6.07, 6.45) is 1.65. The number of halogens is 1. The summed E-state index contributed by atoms with van der Waals surface area (Å²) in [4.78, 5) is 8.03. The van der Waals surface area contributed by atoms with Crippen molar-refractivity contribution in [2.45, 2.75) is 0 Å². The minimum Gasteiger partial charge on any atom is -0.314 e. The summed E-state index contributed by atoms with van der Waals surface area (Å²) in [5, 5.41) is 3.68. The van der Waals surface area contributed by atoms with E-state index in [1.165, 1.54) is 0 Å². The third-order valence-corrected chi connectivity index (χ3v) is 1.98. The summed E-state index contributed by atoms with van der Waals surface area (Å²) in [5.41, 5.74) is 2.87. The second-order valence-electron chi connectivity index (χ2n) is 2.43. The van der Waals surface area contributed by atoms with Gasteiger partial charge >= 0.3 is 6.01 Å². The van der Waals surface area contributed by atoms with Crippen LogP contribution < -0.4 is 11.3 Å². The van der Waals surface area contributed by atoms with Crippen LogP contribution in [0.15, 0.2) is 27.3 Å². The van der Waals surface area contributed by atoms with Gasteiger partial charge in [0.05, 0.1) is 0 Å². The maximum Gasteiger partial charge on any atom is 0.335 e. The zero-order chi connectivity index (χ0) is 9.97. The quantitative estimate of drug-likeness (QED) is 0.619. The third kappa shape index (κ3) is 1.73. The lowest BCUT2D eigenvalue weighted by atomic mass is 10.3. The van der Waals surface area contributed by atoms with Crippen LogP contribution in [0.5, 0.6) is 0 Å². The average Bonchev–Trinajstić information content (AvgIpc) is 2.67. The largest absolute Gasteiger partial charge is 0.335 e. The molecule has 0 aliphatic rings. The molecule has 0 aromatic carbocycles. The molecule has 0 saturated heterocycles. The van der Waals surface area contributed by atoms with Crippen LogP contribution in [0.2, 0.25) is 0 Å². The molecule has 0 radical (unpaired) electrons. The fraction of sp³-hybridized carbons (Fsp3) is 0. The molecule has 0 spiro atoms. The summed E-state index contributed by atoms with van der Waals surface area (Å²) < 4.78 is 5.64. The van der Waals surface area contributed by atoms with E-state index in [4.69, 9.17) is 10.4 Å². The lowest BCUT2D eigenvalue weighted by molar-refractivity contribution is 0.432. The van der Waals surface area contributed by atoms with E-state index in [0.717, 1.165) is 4.47 Å². The fourth-order valence-corrected chi connectivity index (χ4v) is 1.13. The van der Waals surface area contributed by atoms with Gasteiger partial charge in [0.25, 0.3) is 0 Å². The van der Waals surface area contributed by atoms with Gasteiger partial charge in [-0.2, -0.15) is 4.98 Å². The van der Waals surface area contributed by atoms with Crippen LogP contribution in [0.3, 0.4) is 0 Å². The Morgan fingerprint density at radius 3 is 2.86 bits per heavy atom.